The van der Waals surface area contributed by atoms with Gasteiger partial charge in [-0.2, -0.15) is 0 Å². The van der Waals surface area contributed by atoms with E-state index < -0.39 is 5.97 Å². The lowest BCUT2D eigenvalue weighted by Gasteiger charge is -2.04. The molecule has 1 aromatic heterocycles. The van der Waals surface area contributed by atoms with Gasteiger partial charge in [0.15, 0.2) is 12.1 Å². The van der Waals surface area contributed by atoms with Gasteiger partial charge < -0.3 is 9.15 Å². The molecule has 0 atom stereocenters. The quantitative estimate of drug-likeness (QED) is 0.608. The van der Waals surface area contributed by atoms with Gasteiger partial charge in [0.2, 0.25) is 0 Å². The van der Waals surface area contributed by atoms with Gasteiger partial charge >= 0.3 is 5.97 Å². The number of hydrogen-bond acceptors (Lipinski definition) is 5. The van der Waals surface area contributed by atoms with Crippen LogP contribution in [-0.4, -0.2) is 23.8 Å². The van der Waals surface area contributed by atoms with E-state index in [0.29, 0.717) is 17.7 Å². The van der Waals surface area contributed by atoms with Crippen LogP contribution in [-0.2, 0) is 11.2 Å². The highest BCUT2D eigenvalue weighted by Crippen LogP contribution is 2.16. The summed E-state index contributed by atoms with van der Waals surface area (Å²) in [6, 6.07) is 7.12. The van der Waals surface area contributed by atoms with E-state index in [9.17, 15) is 9.59 Å². The summed E-state index contributed by atoms with van der Waals surface area (Å²) in [5.41, 5.74) is 1.50. The average Bonchev–Trinajstić information content (AvgIpc) is 2.88. The van der Waals surface area contributed by atoms with Gasteiger partial charge in [-0.25, -0.2) is 9.78 Å². The number of carbonyl (C=O) groups is 2. The Morgan fingerprint density at radius 2 is 2.21 bits per heavy atom. The number of esters is 1. The molecule has 0 saturated heterocycles. The number of benzene rings is 1. The molecule has 2 rings (SSSR count). The van der Waals surface area contributed by atoms with E-state index in [0.717, 1.165) is 11.8 Å². The first-order valence-corrected chi connectivity index (χ1v) is 5.88. The fourth-order valence-electron chi connectivity index (χ4n) is 1.75. The van der Waals surface area contributed by atoms with Crippen molar-refractivity contribution in [2.24, 2.45) is 0 Å². The van der Waals surface area contributed by atoms with Crippen LogP contribution in [0.1, 0.15) is 39.1 Å². The van der Waals surface area contributed by atoms with E-state index >= 15 is 0 Å². The van der Waals surface area contributed by atoms with Gasteiger partial charge in [0.05, 0.1) is 6.61 Å². The van der Waals surface area contributed by atoms with Gasteiger partial charge in [-0.1, -0.05) is 24.3 Å². The smallest absolute Gasteiger partial charge is 0.360 e. The molecule has 5 nitrogen and oxygen atoms in total. The maximum atomic E-state index is 11.7. The number of aldehydes is 1. The van der Waals surface area contributed by atoms with Gasteiger partial charge in [-0.05, 0) is 12.5 Å². The summed E-state index contributed by atoms with van der Waals surface area (Å²) in [4.78, 5) is 26.5. The first-order valence-electron chi connectivity index (χ1n) is 5.88. The van der Waals surface area contributed by atoms with Gasteiger partial charge in [0.25, 0.3) is 0 Å². The first-order chi connectivity index (χ1) is 9.26. The third kappa shape index (κ3) is 2.88. The molecule has 0 amide bonds. The Morgan fingerprint density at radius 3 is 2.95 bits per heavy atom. The monoisotopic (exact) mass is 259 g/mol. The van der Waals surface area contributed by atoms with Crippen LogP contribution in [0.25, 0.3) is 0 Å². The SMILES string of the molecule is CCOC(=O)c1ncoc1Cc1ccccc1C=O. The van der Waals surface area contributed by atoms with Crippen molar-refractivity contribution >= 4 is 12.3 Å². The Labute approximate surface area is 110 Å². The third-order valence-corrected chi connectivity index (χ3v) is 2.64. The lowest BCUT2D eigenvalue weighted by atomic mass is 10.0. The summed E-state index contributed by atoms with van der Waals surface area (Å²) in [6.07, 6.45) is 2.30. The third-order valence-electron chi connectivity index (χ3n) is 2.64. The highest BCUT2D eigenvalue weighted by molar-refractivity contribution is 5.88. The predicted octanol–water partition coefficient (Wildman–Crippen LogP) is 2.25. The summed E-state index contributed by atoms with van der Waals surface area (Å²) in [7, 11) is 0. The molecule has 1 aromatic carbocycles. The molecule has 0 N–H and O–H groups in total. The number of hydrogen-bond donors (Lipinski definition) is 0. The Hall–Kier alpha value is -2.43. The number of rotatable bonds is 5. The minimum atomic E-state index is -0.519. The maximum absolute atomic E-state index is 11.7. The fourth-order valence-corrected chi connectivity index (χ4v) is 1.75. The van der Waals surface area contributed by atoms with Crippen LogP contribution in [0.3, 0.4) is 0 Å². The number of ether oxygens (including phenoxy) is 1. The van der Waals surface area contributed by atoms with Crippen LogP contribution < -0.4 is 0 Å². The zero-order valence-electron chi connectivity index (χ0n) is 10.5. The molecule has 19 heavy (non-hydrogen) atoms. The van der Waals surface area contributed by atoms with E-state index in [4.69, 9.17) is 9.15 Å². The second-order valence-corrected chi connectivity index (χ2v) is 3.84. The van der Waals surface area contributed by atoms with Crippen molar-refractivity contribution in [1.82, 2.24) is 4.98 Å². The molecule has 98 valence electrons. The Bertz CT molecular complexity index is 589. The summed E-state index contributed by atoms with van der Waals surface area (Å²) in [6.45, 7) is 2.00. The molecule has 0 spiro atoms. The molecule has 0 radical (unpaired) electrons. The standard InChI is InChI=1S/C14H13NO4/c1-2-18-14(17)13-12(19-9-15-13)7-10-5-3-4-6-11(10)8-16/h3-6,8-9H,2,7H2,1H3. The zero-order valence-corrected chi connectivity index (χ0v) is 10.5. The molecule has 0 unspecified atom stereocenters. The second-order valence-electron chi connectivity index (χ2n) is 3.84. The molecule has 0 bridgehead atoms. The zero-order chi connectivity index (χ0) is 13.7. The van der Waals surface area contributed by atoms with E-state index in [-0.39, 0.29) is 12.3 Å². The normalized spacial score (nSPS) is 10.2. The minimum Gasteiger partial charge on any atom is -0.461 e. The molecular formula is C14H13NO4. The van der Waals surface area contributed by atoms with Crippen molar-refractivity contribution in [3.05, 3.63) is 53.2 Å². The Kier molecular flexibility index (Phi) is 4.07. The van der Waals surface area contributed by atoms with Crippen LogP contribution in [0.5, 0.6) is 0 Å². The van der Waals surface area contributed by atoms with E-state index in [1.165, 1.54) is 6.39 Å². The summed E-state index contributed by atoms with van der Waals surface area (Å²) in [5.74, 6) is -0.123. The lowest BCUT2D eigenvalue weighted by molar-refractivity contribution is 0.0518. The van der Waals surface area contributed by atoms with Crippen molar-refractivity contribution in [3.8, 4) is 0 Å². The number of oxazole rings is 1. The molecule has 0 fully saturated rings. The van der Waals surface area contributed by atoms with Gasteiger partial charge in [-0.15, -0.1) is 0 Å². The summed E-state index contributed by atoms with van der Waals surface area (Å²) >= 11 is 0. The number of nitrogens with zero attached hydrogens (tertiary/aromatic N) is 1. The molecule has 0 aliphatic rings. The Balaban J connectivity index is 2.27. The summed E-state index contributed by atoms with van der Waals surface area (Å²) in [5, 5.41) is 0. The molecule has 1 heterocycles. The van der Waals surface area contributed by atoms with E-state index in [1.54, 1.807) is 25.1 Å². The maximum Gasteiger partial charge on any atom is 0.360 e. The van der Waals surface area contributed by atoms with Crippen molar-refractivity contribution in [3.63, 3.8) is 0 Å². The lowest BCUT2D eigenvalue weighted by Crippen LogP contribution is -2.08. The first kappa shape index (κ1) is 13.0. The summed E-state index contributed by atoms with van der Waals surface area (Å²) < 4.78 is 10.1. The number of carbonyl (C=O) groups excluding carboxylic acids is 2. The van der Waals surface area contributed by atoms with Crippen LogP contribution in [0.15, 0.2) is 35.1 Å². The molecule has 0 aliphatic carbocycles. The van der Waals surface area contributed by atoms with Crippen LogP contribution in [0.2, 0.25) is 0 Å². The second kappa shape index (κ2) is 5.95. The number of aromatic nitrogens is 1. The molecule has 0 saturated carbocycles. The van der Waals surface area contributed by atoms with Crippen molar-refractivity contribution in [1.29, 1.82) is 0 Å². The predicted molar refractivity (Wildman–Crippen MR) is 67.1 cm³/mol. The van der Waals surface area contributed by atoms with E-state index in [1.807, 2.05) is 6.07 Å². The van der Waals surface area contributed by atoms with Crippen molar-refractivity contribution in [2.45, 2.75) is 13.3 Å². The van der Waals surface area contributed by atoms with Gasteiger partial charge in [0.1, 0.15) is 12.0 Å². The molecule has 0 aliphatic heterocycles. The van der Waals surface area contributed by atoms with Crippen LogP contribution in [0, 0.1) is 0 Å². The largest absolute Gasteiger partial charge is 0.461 e. The molecule has 2 aromatic rings. The van der Waals surface area contributed by atoms with Gasteiger partial charge in [0, 0.05) is 12.0 Å². The highest BCUT2D eigenvalue weighted by Gasteiger charge is 2.18. The van der Waals surface area contributed by atoms with Gasteiger partial charge in [-0.3, -0.25) is 4.79 Å². The van der Waals surface area contributed by atoms with Crippen molar-refractivity contribution in [2.75, 3.05) is 6.61 Å². The van der Waals surface area contributed by atoms with Crippen molar-refractivity contribution < 1.29 is 18.7 Å². The topological polar surface area (TPSA) is 69.4 Å². The van der Waals surface area contributed by atoms with E-state index in [2.05, 4.69) is 4.98 Å². The molecular weight excluding hydrogens is 246 g/mol. The van der Waals surface area contributed by atoms with Crippen LogP contribution in [0.4, 0.5) is 0 Å². The average molecular weight is 259 g/mol. The van der Waals surface area contributed by atoms with Crippen LogP contribution >= 0.6 is 0 Å². The Morgan fingerprint density at radius 1 is 1.42 bits per heavy atom. The molecule has 5 heteroatoms. The fraction of sp³-hybridized carbons (Fsp3) is 0.214. The highest BCUT2D eigenvalue weighted by atomic mass is 16.5. The minimum absolute atomic E-state index is 0.155.